The van der Waals surface area contributed by atoms with Crippen LogP contribution in [0, 0.1) is 0 Å². The van der Waals surface area contributed by atoms with Gasteiger partial charge in [0.15, 0.2) is 0 Å². The molecule has 0 aromatic carbocycles. The number of hydrogen-bond donors (Lipinski definition) is 3. The summed E-state index contributed by atoms with van der Waals surface area (Å²) < 4.78 is 0. The Bertz CT molecular complexity index is 99.8. The van der Waals surface area contributed by atoms with Crippen molar-refractivity contribution in [2.45, 2.75) is 38.0 Å². The van der Waals surface area contributed by atoms with Crippen LogP contribution in [0.3, 0.4) is 0 Å². The van der Waals surface area contributed by atoms with Crippen LogP contribution in [0.25, 0.3) is 0 Å². The Morgan fingerprint density at radius 1 is 1.70 bits per heavy atom. The van der Waals surface area contributed by atoms with Gasteiger partial charge in [0.05, 0.1) is 6.10 Å². The highest BCUT2D eigenvalue weighted by atomic mass is 16.3. The number of hydrogen-bond acceptors (Lipinski definition) is 3. The molecular formula is C7H16N2O. The third kappa shape index (κ3) is 2.25. The number of nitrogens with two attached hydrogens (primary N) is 1. The molecule has 0 amide bonds. The monoisotopic (exact) mass is 144 g/mol. The molecule has 0 spiro atoms. The molecule has 1 unspecified atom stereocenters. The summed E-state index contributed by atoms with van der Waals surface area (Å²) in [6.07, 6.45) is 1.89. The molecule has 0 aromatic heterocycles. The zero-order valence-electron chi connectivity index (χ0n) is 6.38. The van der Waals surface area contributed by atoms with E-state index in [0.717, 1.165) is 12.8 Å². The summed E-state index contributed by atoms with van der Waals surface area (Å²) >= 11 is 0. The summed E-state index contributed by atoms with van der Waals surface area (Å²) in [4.78, 5) is 0. The molecule has 4 N–H and O–H groups in total. The van der Waals surface area contributed by atoms with Gasteiger partial charge in [0.1, 0.15) is 0 Å². The Kier molecular flexibility index (Phi) is 2.65. The van der Waals surface area contributed by atoms with Crippen LogP contribution in [0.1, 0.15) is 19.8 Å². The Hall–Kier alpha value is -0.120. The summed E-state index contributed by atoms with van der Waals surface area (Å²) in [5.41, 5.74) is 5.57. The van der Waals surface area contributed by atoms with Crippen LogP contribution in [0.4, 0.5) is 0 Å². The fourth-order valence-electron chi connectivity index (χ4n) is 1.17. The summed E-state index contributed by atoms with van der Waals surface area (Å²) in [5, 5.41) is 12.1. The lowest BCUT2D eigenvalue weighted by Gasteiger charge is -2.33. The maximum atomic E-state index is 8.89. The summed E-state index contributed by atoms with van der Waals surface area (Å²) in [5.74, 6) is 0. The first-order valence-corrected chi connectivity index (χ1v) is 3.85. The van der Waals surface area contributed by atoms with Crippen molar-refractivity contribution < 1.29 is 5.11 Å². The largest absolute Gasteiger partial charge is 0.392 e. The van der Waals surface area contributed by atoms with Crippen LogP contribution >= 0.6 is 0 Å². The second-order valence-electron chi connectivity index (χ2n) is 3.19. The SMILES string of the molecule is CC(O)CNC1CC(N)C1. The lowest BCUT2D eigenvalue weighted by molar-refractivity contribution is 0.172. The molecule has 1 aliphatic carbocycles. The number of aliphatic hydroxyl groups excluding tert-OH is 1. The summed E-state index contributed by atoms with van der Waals surface area (Å²) in [6, 6.07) is 0.955. The molecular weight excluding hydrogens is 128 g/mol. The highest BCUT2D eigenvalue weighted by Crippen LogP contribution is 2.16. The maximum absolute atomic E-state index is 8.89. The van der Waals surface area contributed by atoms with Crippen LogP contribution in [0.2, 0.25) is 0 Å². The van der Waals surface area contributed by atoms with Crippen molar-refractivity contribution in [1.82, 2.24) is 5.32 Å². The Morgan fingerprint density at radius 2 is 2.30 bits per heavy atom. The minimum absolute atomic E-state index is 0.239. The van der Waals surface area contributed by atoms with E-state index in [1.54, 1.807) is 6.92 Å². The lowest BCUT2D eigenvalue weighted by atomic mass is 9.87. The third-order valence-electron chi connectivity index (χ3n) is 1.88. The second-order valence-corrected chi connectivity index (χ2v) is 3.19. The molecule has 0 saturated heterocycles. The topological polar surface area (TPSA) is 58.3 Å². The van der Waals surface area contributed by atoms with Gasteiger partial charge < -0.3 is 16.2 Å². The minimum Gasteiger partial charge on any atom is -0.392 e. The van der Waals surface area contributed by atoms with Gasteiger partial charge in [-0.2, -0.15) is 0 Å². The van der Waals surface area contributed by atoms with Gasteiger partial charge in [-0.1, -0.05) is 0 Å². The fourth-order valence-corrected chi connectivity index (χ4v) is 1.17. The van der Waals surface area contributed by atoms with Crippen molar-refractivity contribution in [1.29, 1.82) is 0 Å². The molecule has 0 aliphatic heterocycles. The van der Waals surface area contributed by atoms with E-state index in [2.05, 4.69) is 5.32 Å². The van der Waals surface area contributed by atoms with Crippen molar-refractivity contribution in [3.8, 4) is 0 Å². The van der Waals surface area contributed by atoms with Crippen LogP contribution < -0.4 is 11.1 Å². The highest BCUT2D eigenvalue weighted by molar-refractivity contribution is 4.87. The van der Waals surface area contributed by atoms with E-state index >= 15 is 0 Å². The van der Waals surface area contributed by atoms with Gasteiger partial charge in [-0.3, -0.25) is 0 Å². The molecule has 1 saturated carbocycles. The molecule has 10 heavy (non-hydrogen) atoms. The van der Waals surface area contributed by atoms with E-state index in [-0.39, 0.29) is 6.10 Å². The minimum atomic E-state index is -0.239. The van der Waals surface area contributed by atoms with E-state index in [0.29, 0.717) is 18.6 Å². The average molecular weight is 144 g/mol. The van der Waals surface area contributed by atoms with Gasteiger partial charge in [0, 0.05) is 18.6 Å². The average Bonchev–Trinajstić information content (AvgIpc) is 1.77. The highest BCUT2D eigenvalue weighted by Gasteiger charge is 2.24. The van der Waals surface area contributed by atoms with Gasteiger partial charge in [-0.05, 0) is 19.8 Å². The molecule has 0 heterocycles. The Morgan fingerprint density at radius 3 is 2.70 bits per heavy atom. The van der Waals surface area contributed by atoms with Crippen LogP contribution in [-0.4, -0.2) is 29.8 Å². The lowest BCUT2D eigenvalue weighted by Crippen LogP contribution is -2.49. The van der Waals surface area contributed by atoms with Crippen molar-refractivity contribution in [3.63, 3.8) is 0 Å². The van der Waals surface area contributed by atoms with Crippen molar-refractivity contribution in [2.75, 3.05) is 6.54 Å². The number of rotatable bonds is 3. The summed E-state index contributed by atoms with van der Waals surface area (Å²) in [7, 11) is 0. The molecule has 1 rings (SSSR count). The van der Waals surface area contributed by atoms with E-state index in [1.807, 2.05) is 0 Å². The number of nitrogens with one attached hydrogen (secondary N) is 1. The zero-order valence-corrected chi connectivity index (χ0v) is 6.38. The molecule has 3 nitrogen and oxygen atoms in total. The normalized spacial score (nSPS) is 35.1. The van der Waals surface area contributed by atoms with Crippen molar-refractivity contribution in [2.24, 2.45) is 5.73 Å². The van der Waals surface area contributed by atoms with Gasteiger partial charge >= 0.3 is 0 Å². The quantitative estimate of drug-likeness (QED) is 0.498. The van der Waals surface area contributed by atoms with E-state index in [9.17, 15) is 0 Å². The zero-order chi connectivity index (χ0) is 7.56. The van der Waals surface area contributed by atoms with Crippen LogP contribution in [-0.2, 0) is 0 Å². The first kappa shape index (κ1) is 7.98. The van der Waals surface area contributed by atoms with Crippen LogP contribution in [0.5, 0.6) is 0 Å². The second kappa shape index (κ2) is 3.32. The fraction of sp³-hybridized carbons (Fsp3) is 1.00. The molecule has 0 bridgehead atoms. The predicted octanol–water partition coefficient (Wildman–Crippen LogP) is -0.553. The van der Waals surface area contributed by atoms with Crippen LogP contribution in [0.15, 0.2) is 0 Å². The number of aliphatic hydroxyl groups is 1. The Labute approximate surface area is 61.6 Å². The van der Waals surface area contributed by atoms with Crippen molar-refractivity contribution in [3.05, 3.63) is 0 Å². The first-order chi connectivity index (χ1) is 4.68. The maximum Gasteiger partial charge on any atom is 0.0636 e. The summed E-state index contributed by atoms with van der Waals surface area (Å²) in [6.45, 7) is 2.48. The predicted molar refractivity (Wildman–Crippen MR) is 40.7 cm³/mol. The molecule has 1 aliphatic rings. The van der Waals surface area contributed by atoms with Crippen molar-refractivity contribution >= 4 is 0 Å². The van der Waals surface area contributed by atoms with Gasteiger partial charge in [0.25, 0.3) is 0 Å². The van der Waals surface area contributed by atoms with E-state index in [1.165, 1.54) is 0 Å². The Balaban J connectivity index is 1.95. The molecule has 0 aromatic rings. The smallest absolute Gasteiger partial charge is 0.0636 e. The first-order valence-electron chi connectivity index (χ1n) is 3.85. The van der Waals surface area contributed by atoms with Gasteiger partial charge in [0.2, 0.25) is 0 Å². The molecule has 1 atom stereocenters. The van der Waals surface area contributed by atoms with Gasteiger partial charge in [-0.15, -0.1) is 0 Å². The van der Waals surface area contributed by atoms with Gasteiger partial charge in [-0.25, -0.2) is 0 Å². The third-order valence-corrected chi connectivity index (χ3v) is 1.88. The molecule has 0 radical (unpaired) electrons. The van der Waals surface area contributed by atoms with E-state index < -0.39 is 0 Å². The standard InChI is InChI=1S/C7H16N2O/c1-5(10)4-9-7-2-6(8)3-7/h5-7,9-10H,2-4,8H2,1H3. The van der Waals surface area contributed by atoms with E-state index in [4.69, 9.17) is 10.8 Å². The molecule has 1 fully saturated rings. The molecule has 60 valence electrons. The molecule has 3 heteroatoms.